The summed E-state index contributed by atoms with van der Waals surface area (Å²) in [7, 11) is 1.65. The van der Waals surface area contributed by atoms with Gasteiger partial charge >= 0.3 is 0 Å². The Hall–Kier alpha value is -0.340. The van der Waals surface area contributed by atoms with E-state index in [0.29, 0.717) is 5.92 Å². The molecule has 0 aromatic carbocycles. The Kier molecular flexibility index (Phi) is 6.92. The first kappa shape index (κ1) is 12.7. The monoisotopic (exact) mass is 186 g/mol. The maximum absolute atomic E-state index is 9.75. The molecule has 0 fully saturated rings. The van der Waals surface area contributed by atoms with E-state index in [9.17, 15) is 5.11 Å². The highest BCUT2D eigenvalue weighted by Gasteiger charge is 2.21. The third-order valence-electron chi connectivity index (χ3n) is 2.22. The summed E-state index contributed by atoms with van der Waals surface area (Å²) >= 11 is 0. The van der Waals surface area contributed by atoms with Gasteiger partial charge in [0.25, 0.3) is 0 Å². The van der Waals surface area contributed by atoms with Crippen LogP contribution in [0.3, 0.4) is 0 Å². The van der Waals surface area contributed by atoms with Crippen molar-refractivity contribution in [1.82, 2.24) is 0 Å². The lowest BCUT2D eigenvalue weighted by molar-refractivity contribution is -0.0412. The van der Waals surface area contributed by atoms with Gasteiger partial charge in [0.2, 0.25) is 0 Å². The van der Waals surface area contributed by atoms with Gasteiger partial charge in [0.1, 0.15) is 0 Å². The van der Waals surface area contributed by atoms with Gasteiger partial charge in [0.05, 0.1) is 12.2 Å². The van der Waals surface area contributed by atoms with Gasteiger partial charge < -0.3 is 9.84 Å². The number of aliphatic hydroxyl groups is 1. The van der Waals surface area contributed by atoms with Crippen molar-refractivity contribution in [3.05, 3.63) is 12.7 Å². The summed E-state index contributed by atoms with van der Waals surface area (Å²) in [6.07, 6.45) is 4.24. The van der Waals surface area contributed by atoms with Crippen LogP contribution in [0.1, 0.15) is 33.1 Å². The second-order valence-electron chi connectivity index (χ2n) is 3.73. The van der Waals surface area contributed by atoms with Crippen LogP contribution >= 0.6 is 0 Å². The first-order valence-electron chi connectivity index (χ1n) is 4.95. The molecule has 0 saturated heterocycles. The molecule has 0 aromatic rings. The molecule has 2 atom stereocenters. The lowest BCUT2D eigenvalue weighted by atomic mass is 9.98. The lowest BCUT2D eigenvalue weighted by Crippen LogP contribution is -2.32. The molecule has 0 spiro atoms. The molecule has 2 unspecified atom stereocenters. The molecular formula is C11H22O2. The fourth-order valence-corrected chi connectivity index (χ4v) is 1.51. The molecule has 2 nitrogen and oxygen atoms in total. The van der Waals surface area contributed by atoms with Crippen LogP contribution in [-0.4, -0.2) is 24.4 Å². The summed E-state index contributed by atoms with van der Waals surface area (Å²) in [5.41, 5.74) is 0. The molecule has 0 aliphatic heterocycles. The van der Waals surface area contributed by atoms with Gasteiger partial charge in [-0.3, -0.25) is 0 Å². The standard InChI is InChI=1S/C11H22O2/c1-5-6-7-8-10(12)11(13-4)9(2)3/h5,9-12H,1,6-8H2,2-4H3. The summed E-state index contributed by atoms with van der Waals surface area (Å²) in [6, 6.07) is 0. The number of ether oxygens (including phenoxy) is 1. The Labute approximate surface area is 81.6 Å². The molecule has 0 bridgehead atoms. The minimum absolute atomic E-state index is 0.0372. The van der Waals surface area contributed by atoms with E-state index in [1.807, 2.05) is 6.08 Å². The zero-order chi connectivity index (χ0) is 10.3. The number of aliphatic hydroxyl groups excluding tert-OH is 1. The molecule has 0 radical (unpaired) electrons. The lowest BCUT2D eigenvalue weighted by Gasteiger charge is -2.24. The Balaban J connectivity index is 3.76. The van der Waals surface area contributed by atoms with Crippen LogP contribution in [0.15, 0.2) is 12.7 Å². The number of hydrogen-bond donors (Lipinski definition) is 1. The van der Waals surface area contributed by atoms with Crippen molar-refractivity contribution in [3.63, 3.8) is 0 Å². The molecule has 0 rings (SSSR count). The number of methoxy groups -OCH3 is 1. The van der Waals surface area contributed by atoms with Crippen LogP contribution in [0.25, 0.3) is 0 Å². The molecule has 2 heteroatoms. The van der Waals surface area contributed by atoms with Gasteiger partial charge in [-0.25, -0.2) is 0 Å². The van der Waals surface area contributed by atoms with E-state index >= 15 is 0 Å². The van der Waals surface area contributed by atoms with Gasteiger partial charge in [-0.2, -0.15) is 0 Å². The average Bonchev–Trinajstić information content (AvgIpc) is 2.05. The second-order valence-corrected chi connectivity index (χ2v) is 3.73. The van der Waals surface area contributed by atoms with Crippen LogP contribution in [0.2, 0.25) is 0 Å². The van der Waals surface area contributed by atoms with Crippen molar-refractivity contribution >= 4 is 0 Å². The first-order valence-corrected chi connectivity index (χ1v) is 4.95. The predicted molar refractivity (Wildman–Crippen MR) is 55.7 cm³/mol. The van der Waals surface area contributed by atoms with E-state index in [-0.39, 0.29) is 12.2 Å². The van der Waals surface area contributed by atoms with Crippen molar-refractivity contribution in [2.24, 2.45) is 5.92 Å². The van der Waals surface area contributed by atoms with E-state index in [1.165, 1.54) is 0 Å². The highest BCUT2D eigenvalue weighted by atomic mass is 16.5. The van der Waals surface area contributed by atoms with E-state index in [4.69, 9.17) is 4.74 Å². The summed E-state index contributed by atoms with van der Waals surface area (Å²) in [5.74, 6) is 0.365. The highest BCUT2D eigenvalue weighted by Crippen LogP contribution is 2.15. The number of allylic oxidation sites excluding steroid dienone is 1. The van der Waals surface area contributed by atoms with E-state index in [2.05, 4.69) is 20.4 Å². The van der Waals surface area contributed by atoms with Crippen molar-refractivity contribution in [2.45, 2.75) is 45.3 Å². The highest BCUT2D eigenvalue weighted by molar-refractivity contribution is 4.74. The van der Waals surface area contributed by atoms with Crippen LogP contribution < -0.4 is 0 Å². The predicted octanol–water partition coefficient (Wildman–Crippen LogP) is 2.37. The quantitative estimate of drug-likeness (QED) is 0.488. The molecule has 78 valence electrons. The van der Waals surface area contributed by atoms with E-state index in [1.54, 1.807) is 7.11 Å². The summed E-state index contributed by atoms with van der Waals surface area (Å²) in [4.78, 5) is 0. The maximum Gasteiger partial charge on any atom is 0.0852 e. The third-order valence-corrected chi connectivity index (χ3v) is 2.22. The minimum Gasteiger partial charge on any atom is -0.390 e. The largest absolute Gasteiger partial charge is 0.390 e. The first-order chi connectivity index (χ1) is 6.13. The Morgan fingerprint density at radius 3 is 2.46 bits per heavy atom. The van der Waals surface area contributed by atoms with Crippen molar-refractivity contribution in [1.29, 1.82) is 0 Å². The SMILES string of the molecule is C=CCCCC(O)C(OC)C(C)C. The van der Waals surface area contributed by atoms with Gasteiger partial charge in [0.15, 0.2) is 0 Å². The zero-order valence-corrected chi connectivity index (χ0v) is 8.99. The molecule has 0 aliphatic carbocycles. The van der Waals surface area contributed by atoms with E-state index < -0.39 is 0 Å². The zero-order valence-electron chi connectivity index (χ0n) is 8.99. The van der Waals surface area contributed by atoms with Crippen molar-refractivity contribution < 1.29 is 9.84 Å². The smallest absolute Gasteiger partial charge is 0.0852 e. The number of hydrogen-bond acceptors (Lipinski definition) is 2. The molecule has 13 heavy (non-hydrogen) atoms. The van der Waals surface area contributed by atoms with Crippen LogP contribution in [0.5, 0.6) is 0 Å². The number of rotatable bonds is 7. The minimum atomic E-state index is -0.343. The summed E-state index contributed by atoms with van der Waals surface area (Å²) < 4.78 is 5.23. The Morgan fingerprint density at radius 1 is 1.46 bits per heavy atom. The summed E-state index contributed by atoms with van der Waals surface area (Å²) in [5, 5.41) is 9.75. The van der Waals surface area contributed by atoms with E-state index in [0.717, 1.165) is 19.3 Å². The normalized spacial score (nSPS) is 15.8. The Bertz CT molecular complexity index is 132. The van der Waals surface area contributed by atoms with Crippen LogP contribution in [0.4, 0.5) is 0 Å². The van der Waals surface area contributed by atoms with Crippen molar-refractivity contribution in [2.75, 3.05) is 7.11 Å². The Morgan fingerprint density at radius 2 is 2.08 bits per heavy atom. The van der Waals surface area contributed by atoms with Crippen molar-refractivity contribution in [3.8, 4) is 0 Å². The van der Waals surface area contributed by atoms with Gasteiger partial charge in [-0.1, -0.05) is 19.9 Å². The molecular weight excluding hydrogens is 164 g/mol. The average molecular weight is 186 g/mol. The summed E-state index contributed by atoms with van der Waals surface area (Å²) in [6.45, 7) is 7.77. The number of unbranched alkanes of at least 4 members (excludes halogenated alkanes) is 1. The second kappa shape index (κ2) is 7.10. The molecule has 1 N–H and O–H groups in total. The van der Waals surface area contributed by atoms with Gasteiger partial charge in [0, 0.05) is 7.11 Å². The molecule has 0 aromatic heterocycles. The van der Waals surface area contributed by atoms with Gasteiger partial charge in [-0.05, 0) is 25.2 Å². The molecule has 0 saturated carbocycles. The molecule has 0 heterocycles. The molecule has 0 amide bonds. The van der Waals surface area contributed by atoms with Gasteiger partial charge in [-0.15, -0.1) is 6.58 Å². The fraction of sp³-hybridized carbons (Fsp3) is 0.818. The topological polar surface area (TPSA) is 29.5 Å². The fourth-order valence-electron chi connectivity index (χ4n) is 1.51. The third kappa shape index (κ3) is 5.06. The van der Waals surface area contributed by atoms with Crippen LogP contribution in [-0.2, 0) is 4.74 Å². The van der Waals surface area contributed by atoms with Crippen LogP contribution in [0, 0.1) is 5.92 Å². The maximum atomic E-state index is 9.75. The molecule has 0 aliphatic rings.